The van der Waals surface area contributed by atoms with Gasteiger partial charge in [0.25, 0.3) is 0 Å². The third kappa shape index (κ3) is 3.35. The van der Waals surface area contributed by atoms with Crippen molar-refractivity contribution in [1.82, 2.24) is 4.90 Å². The fourth-order valence-electron chi connectivity index (χ4n) is 2.52. The van der Waals surface area contributed by atoms with E-state index >= 15 is 0 Å². The molecular formula is C14H21N. The summed E-state index contributed by atoms with van der Waals surface area (Å²) in [4.78, 5) is 2.47. The van der Waals surface area contributed by atoms with Gasteiger partial charge in [0.1, 0.15) is 0 Å². The number of likely N-dealkylation sites (tertiary alicyclic amines) is 1. The molecule has 82 valence electrons. The maximum Gasteiger partial charge on any atom is 0.000673 e. The minimum absolute atomic E-state index is 0.920. The largest absolute Gasteiger partial charge is 0.306 e. The first-order valence-corrected chi connectivity index (χ1v) is 6.07. The van der Waals surface area contributed by atoms with Gasteiger partial charge in [-0.1, -0.05) is 30.3 Å². The number of hydrogen-bond acceptors (Lipinski definition) is 1. The lowest BCUT2D eigenvalue weighted by molar-refractivity contribution is 0.202. The molecule has 0 bridgehead atoms. The van der Waals surface area contributed by atoms with Crippen LogP contribution in [0.1, 0.15) is 24.8 Å². The quantitative estimate of drug-likeness (QED) is 0.730. The Morgan fingerprint density at radius 3 is 2.80 bits per heavy atom. The molecule has 0 saturated carbocycles. The standard InChI is InChI=1S/C14H21N/c1-15-11-5-8-14(12-15)10-9-13-6-3-2-4-7-13/h2-4,6-7,14H,5,8-12H2,1H3/t14-/m1/s1. The van der Waals surface area contributed by atoms with E-state index < -0.39 is 0 Å². The molecule has 0 spiro atoms. The lowest BCUT2D eigenvalue weighted by Gasteiger charge is -2.29. The summed E-state index contributed by atoms with van der Waals surface area (Å²) in [7, 11) is 2.24. The van der Waals surface area contributed by atoms with Crippen molar-refractivity contribution in [2.24, 2.45) is 5.92 Å². The minimum atomic E-state index is 0.920. The van der Waals surface area contributed by atoms with Crippen LogP contribution in [0, 0.1) is 5.92 Å². The first-order valence-electron chi connectivity index (χ1n) is 6.07. The van der Waals surface area contributed by atoms with Crippen molar-refractivity contribution in [3.8, 4) is 0 Å². The molecule has 1 fully saturated rings. The molecule has 1 heteroatoms. The van der Waals surface area contributed by atoms with Gasteiger partial charge in [-0.2, -0.15) is 0 Å². The molecule has 1 saturated heterocycles. The maximum atomic E-state index is 2.47. The van der Waals surface area contributed by atoms with Gasteiger partial charge in [0, 0.05) is 6.54 Å². The van der Waals surface area contributed by atoms with Gasteiger partial charge < -0.3 is 4.90 Å². The maximum absolute atomic E-state index is 2.47. The highest BCUT2D eigenvalue weighted by Crippen LogP contribution is 2.20. The van der Waals surface area contributed by atoms with Crippen molar-refractivity contribution in [3.05, 3.63) is 35.9 Å². The van der Waals surface area contributed by atoms with Crippen LogP contribution in [0.3, 0.4) is 0 Å². The van der Waals surface area contributed by atoms with Crippen LogP contribution in [0.4, 0.5) is 0 Å². The number of rotatable bonds is 3. The lowest BCUT2D eigenvalue weighted by Crippen LogP contribution is -2.32. The van der Waals surface area contributed by atoms with Gasteiger partial charge in [0.15, 0.2) is 0 Å². The Morgan fingerprint density at radius 2 is 2.07 bits per heavy atom. The zero-order chi connectivity index (χ0) is 10.5. The average Bonchev–Trinajstić information content (AvgIpc) is 2.28. The average molecular weight is 203 g/mol. The summed E-state index contributed by atoms with van der Waals surface area (Å²) < 4.78 is 0. The molecule has 1 aliphatic heterocycles. The Labute approximate surface area is 93.1 Å². The van der Waals surface area contributed by atoms with Gasteiger partial charge in [0.2, 0.25) is 0 Å². The summed E-state index contributed by atoms with van der Waals surface area (Å²) in [5, 5.41) is 0. The zero-order valence-electron chi connectivity index (χ0n) is 9.65. The van der Waals surface area contributed by atoms with Crippen molar-refractivity contribution < 1.29 is 0 Å². The second-order valence-electron chi connectivity index (χ2n) is 4.79. The molecule has 0 unspecified atom stereocenters. The predicted octanol–water partition coefficient (Wildman–Crippen LogP) is 2.96. The Bertz CT molecular complexity index is 281. The van der Waals surface area contributed by atoms with Crippen molar-refractivity contribution >= 4 is 0 Å². The van der Waals surface area contributed by atoms with Gasteiger partial charge in [-0.05, 0) is 50.8 Å². The second-order valence-corrected chi connectivity index (χ2v) is 4.79. The summed E-state index contributed by atoms with van der Waals surface area (Å²) in [6, 6.07) is 10.9. The second kappa shape index (κ2) is 5.32. The molecule has 0 radical (unpaired) electrons. The Hall–Kier alpha value is -0.820. The van der Waals surface area contributed by atoms with Crippen LogP contribution in [-0.4, -0.2) is 25.0 Å². The molecule has 1 heterocycles. The van der Waals surface area contributed by atoms with E-state index in [9.17, 15) is 0 Å². The number of hydrogen-bond donors (Lipinski definition) is 0. The summed E-state index contributed by atoms with van der Waals surface area (Å²) in [5.41, 5.74) is 1.49. The smallest absolute Gasteiger partial charge is 0.000673 e. The number of aryl methyl sites for hydroxylation is 1. The third-order valence-electron chi connectivity index (χ3n) is 3.41. The van der Waals surface area contributed by atoms with E-state index in [1.807, 2.05) is 0 Å². The Kier molecular flexibility index (Phi) is 3.79. The van der Waals surface area contributed by atoms with Crippen molar-refractivity contribution in [1.29, 1.82) is 0 Å². The van der Waals surface area contributed by atoms with Gasteiger partial charge in [-0.3, -0.25) is 0 Å². The number of nitrogens with zero attached hydrogens (tertiary/aromatic N) is 1. The van der Waals surface area contributed by atoms with E-state index in [0.717, 1.165) is 5.92 Å². The molecule has 1 aliphatic rings. The number of benzene rings is 1. The Balaban J connectivity index is 1.78. The molecular weight excluding hydrogens is 182 g/mol. The summed E-state index contributed by atoms with van der Waals surface area (Å²) in [5.74, 6) is 0.920. The normalized spacial score (nSPS) is 22.9. The van der Waals surface area contributed by atoms with Crippen molar-refractivity contribution in [2.45, 2.75) is 25.7 Å². The molecule has 2 rings (SSSR count). The van der Waals surface area contributed by atoms with Gasteiger partial charge in [-0.25, -0.2) is 0 Å². The van der Waals surface area contributed by atoms with E-state index in [2.05, 4.69) is 42.3 Å². The highest BCUT2D eigenvalue weighted by molar-refractivity contribution is 5.14. The first-order chi connectivity index (χ1) is 7.34. The van der Waals surface area contributed by atoms with Crippen molar-refractivity contribution in [2.75, 3.05) is 20.1 Å². The summed E-state index contributed by atoms with van der Waals surface area (Å²) >= 11 is 0. The highest BCUT2D eigenvalue weighted by atomic mass is 15.1. The summed E-state index contributed by atoms with van der Waals surface area (Å²) in [6.07, 6.45) is 5.42. The lowest BCUT2D eigenvalue weighted by atomic mass is 9.92. The van der Waals surface area contributed by atoms with Crippen LogP contribution < -0.4 is 0 Å². The van der Waals surface area contributed by atoms with Crippen LogP contribution in [0.2, 0.25) is 0 Å². The molecule has 0 aromatic heterocycles. The van der Waals surface area contributed by atoms with Crippen LogP contribution >= 0.6 is 0 Å². The van der Waals surface area contributed by atoms with E-state index in [1.165, 1.54) is 44.3 Å². The highest BCUT2D eigenvalue weighted by Gasteiger charge is 2.16. The minimum Gasteiger partial charge on any atom is -0.306 e. The molecule has 15 heavy (non-hydrogen) atoms. The fourth-order valence-corrected chi connectivity index (χ4v) is 2.52. The van der Waals surface area contributed by atoms with Crippen LogP contribution in [0.15, 0.2) is 30.3 Å². The molecule has 1 aromatic carbocycles. The topological polar surface area (TPSA) is 3.24 Å². The molecule has 0 N–H and O–H groups in total. The van der Waals surface area contributed by atoms with Gasteiger partial charge >= 0.3 is 0 Å². The molecule has 1 atom stereocenters. The molecule has 1 aromatic rings. The SMILES string of the molecule is CN1CCC[C@H](CCc2ccccc2)C1. The monoisotopic (exact) mass is 203 g/mol. The van der Waals surface area contributed by atoms with Crippen LogP contribution in [-0.2, 0) is 6.42 Å². The molecule has 0 amide bonds. The van der Waals surface area contributed by atoms with Crippen LogP contribution in [0.25, 0.3) is 0 Å². The molecule has 1 nitrogen and oxygen atoms in total. The first kappa shape index (κ1) is 10.7. The van der Waals surface area contributed by atoms with Gasteiger partial charge in [0.05, 0.1) is 0 Å². The Morgan fingerprint density at radius 1 is 1.27 bits per heavy atom. The van der Waals surface area contributed by atoms with Crippen LogP contribution in [0.5, 0.6) is 0 Å². The zero-order valence-corrected chi connectivity index (χ0v) is 9.65. The van der Waals surface area contributed by atoms with E-state index in [-0.39, 0.29) is 0 Å². The van der Waals surface area contributed by atoms with Gasteiger partial charge in [-0.15, -0.1) is 0 Å². The number of piperidine rings is 1. The van der Waals surface area contributed by atoms with Crippen molar-refractivity contribution in [3.63, 3.8) is 0 Å². The molecule has 0 aliphatic carbocycles. The summed E-state index contributed by atoms with van der Waals surface area (Å²) in [6.45, 7) is 2.59. The predicted molar refractivity (Wildman–Crippen MR) is 65.0 cm³/mol. The van der Waals surface area contributed by atoms with E-state index in [0.29, 0.717) is 0 Å². The van der Waals surface area contributed by atoms with E-state index in [1.54, 1.807) is 0 Å². The van der Waals surface area contributed by atoms with E-state index in [4.69, 9.17) is 0 Å². The fraction of sp³-hybridized carbons (Fsp3) is 0.571. The third-order valence-corrected chi connectivity index (χ3v) is 3.41.